The van der Waals surface area contributed by atoms with E-state index in [1.165, 1.54) is 5.56 Å². The summed E-state index contributed by atoms with van der Waals surface area (Å²) < 4.78 is 5.48. The van der Waals surface area contributed by atoms with Gasteiger partial charge in [0.25, 0.3) is 0 Å². The number of piperidine rings is 1. The Morgan fingerprint density at radius 3 is 2.56 bits per heavy atom. The summed E-state index contributed by atoms with van der Waals surface area (Å²) in [5.74, 6) is 1.31. The molecule has 1 amide bonds. The number of nitrogens with zero attached hydrogens (tertiary/aromatic N) is 2. The molecule has 1 N–H and O–H groups in total. The molecule has 1 saturated heterocycles. The van der Waals surface area contributed by atoms with E-state index in [0.29, 0.717) is 19.0 Å². The van der Waals surface area contributed by atoms with Crippen LogP contribution in [-0.2, 0) is 11.2 Å². The minimum atomic E-state index is -0.459. The van der Waals surface area contributed by atoms with E-state index >= 15 is 0 Å². The van der Waals surface area contributed by atoms with Gasteiger partial charge in [0, 0.05) is 31.1 Å². The molecule has 1 fully saturated rings. The number of hydrogen-bond donors (Lipinski definition) is 1. The van der Waals surface area contributed by atoms with Gasteiger partial charge in [-0.05, 0) is 45.3 Å². The van der Waals surface area contributed by atoms with Gasteiger partial charge in [0.1, 0.15) is 11.4 Å². The molecule has 2 heterocycles. The molecule has 1 aromatic heterocycles. The highest BCUT2D eigenvalue weighted by Crippen LogP contribution is 2.30. The summed E-state index contributed by atoms with van der Waals surface area (Å²) in [5, 5.41) is 0. The maximum Gasteiger partial charge on any atom is 0.410 e. The quantitative estimate of drug-likeness (QED) is 0.848. The van der Waals surface area contributed by atoms with Gasteiger partial charge in [-0.1, -0.05) is 36.9 Å². The van der Waals surface area contributed by atoms with Crippen LogP contribution in [0.1, 0.15) is 62.3 Å². The van der Waals surface area contributed by atoms with Crippen LogP contribution < -0.4 is 0 Å². The molecule has 0 saturated carbocycles. The highest BCUT2D eigenvalue weighted by molar-refractivity contribution is 5.68. The van der Waals surface area contributed by atoms with Crippen LogP contribution in [0.3, 0.4) is 0 Å². The molecule has 0 radical (unpaired) electrons. The van der Waals surface area contributed by atoms with E-state index in [4.69, 9.17) is 9.72 Å². The van der Waals surface area contributed by atoms with Crippen LogP contribution in [0.25, 0.3) is 6.08 Å². The number of carbonyl (C=O) groups excluding carboxylic acids is 1. The van der Waals surface area contributed by atoms with Crippen LogP contribution in [-0.4, -0.2) is 39.7 Å². The lowest BCUT2D eigenvalue weighted by atomic mass is 9.92. The van der Waals surface area contributed by atoms with Gasteiger partial charge in [-0.2, -0.15) is 0 Å². The first-order chi connectivity index (χ1) is 12.9. The Bertz CT molecular complexity index is 782. The Labute approximate surface area is 161 Å². The Hall–Kier alpha value is -2.56. The van der Waals surface area contributed by atoms with Crippen molar-refractivity contribution < 1.29 is 9.53 Å². The van der Waals surface area contributed by atoms with E-state index in [1.54, 1.807) is 4.90 Å². The fraction of sp³-hybridized carbons (Fsp3) is 0.455. The molecule has 1 aromatic carbocycles. The predicted molar refractivity (Wildman–Crippen MR) is 108 cm³/mol. The van der Waals surface area contributed by atoms with Gasteiger partial charge in [-0.25, -0.2) is 9.78 Å². The maximum absolute atomic E-state index is 12.3. The molecule has 3 rings (SSSR count). The first-order valence-electron chi connectivity index (χ1n) is 9.59. The fourth-order valence-electron chi connectivity index (χ4n) is 3.47. The fourth-order valence-corrected chi connectivity index (χ4v) is 3.47. The molecule has 0 aliphatic carbocycles. The van der Waals surface area contributed by atoms with Crippen molar-refractivity contribution in [1.29, 1.82) is 0 Å². The Morgan fingerprint density at radius 2 is 1.96 bits per heavy atom. The number of likely N-dealkylation sites (tertiary alicyclic amines) is 1. The first kappa shape index (κ1) is 19.2. The topological polar surface area (TPSA) is 58.2 Å². The van der Waals surface area contributed by atoms with E-state index < -0.39 is 5.60 Å². The van der Waals surface area contributed by atoms with E-state index in [2.05, 4.69) is 23.7 Å². The molecule has 1 aliphatic heterocycles. The third kappa shape index (κ3) is 5.00. The van der Waals surface area contributed by atoms with Gasteiger partial charge in [0.2, 0.25) is 0 Å². The second-order valence-corrected chi connectivity index (χ2v) is 8.09. The first-order valence-corrected chi connectivity index (χ1v) is 9.59. The molecule has 0 spiro atoms. The number of benzene rings is 1. The van der Waals surface area contributed by atoms with Crippen molar-refractivity contribution in [3.05, 3.63) is 59.7 Å². The SMILES string of the molecule is C=Cc1nc(Cc2ccccc2)[nH]c1C1CCN(C(=O)OC(C)(C)C)CC1. The number of carbonyl (C=O) groups is 1. The van der Waals surface area contributed by atoms with Gasteiger partial charge in [0.05, 0.1) is 5.69 Å². The Morgan fingerprint density at radius 1 is 1.30 bits per heavy atom. The number of amides is 1. The molecule has 0 unspecified atom stereocenters. The zero-order valence-corrected chi connectivity index (χ0v) is 16.5. The molecule has 1 aliphatic rings. The Balaban J connectivity index is 1.65. The summed E-state index contributed by atoms with van der Waals surface area (Å²) >= 11 is 0. The Kier molecular flexibility index (Phi) is 5.68. The number of nitrogens with one attached hydrogen (secondary N) is 1. The van der Waals surface area contributed by atoms with Gasteiger partial charge in [-0.15, -0.1) is 0 Å². The monoisotopic (exact) mass is 367 g/mol. The molecule has 5 nitrogen and oxygen atoms in total. The molecule has 0 bridgehead atoms. The number of H-pyrrole nitrogens is 1. The average Bonchev–Trinajstić information content (AvgIpc) is 3.04. The maximum atomic E-state index is 12.3. The molecule has 27 heavy (non-hydrogen) atoms. The van der Waals surface area contributed by atoms with Crippen molar-refractivity contribution in [3.8, 4) is 0 Å². The van der Waals surface area contributed by atoms with E-state index in [-0.39, 0.29) is 6.09 Å². The third-order valence-corrected chi connectivity index (χ3v) is 4.77. The molecule has 5 heteroatoms. The number of imidazole rings is 1. The number of rotatable bonds is 4. The van der Waals surface area contributed by atoms with E-state index in [1.807, 2.05) is 45.0 Å². The average molecular weight is 367 g/mol. The van der Waals surface area contributed by atoms with Crippen molar-refractivity contribution in [2.45, 2.75) is 51.6 Å². The minimum Gasteiger partial charge on any atom is -0.444 e. The lowest BCUT2D eigenvalue weighted by Gasteiger charge is -2.33. The summed E-state index contributed by atoms with van der Waals surface area (Å²) in [6, 6.07) is 10.3. The van der Waals surface area contributed by atoms with Gasteiger partial charge >= 0.3 is 6.09 Å². The van der Waals surface area contributed by atoms with Crippen molar-refractivity contribution in [1.82, 2.24) is 14.9 Å². The summed E-state index contributed by atoms with van der Waals surface area (Å²) in [6.45, 7) is 11.0. The summed E-state index contributed by atoms with van der Waals surface area (Å²) in [6.07, 6.45) is 4.17. The second kappa shape index (κ2) is 7.99. The highest BCUT2D eigenvalue weighted by atomic mass is 16.6. The minimum absolute atomic E-state index is 0.223. The smallest absolute Gasteiger partial charge is 0.410 e. The lowest BCUT2D eigenvalue weighted by Crippen LogP contribution is -2.41. The van der Waals surface area contributed by atoms with Gasteiger partial charge in [0.15, 0.2) is 0 Å². The van der Waals surface area contributed by atoms with Crippen molar-refractivity contribution in [2.75, 3.05) is 13.1 Å². The summed E-state index contributed by atoms with van der Waals surface area (Å²) in [7, 11) is 0. The van der Waals surface area contributed by atoms with Crippen molar-refractivity contribution in [3.63, 3.8) is 0 Å². The largest absolute Gasteiger partial charge is 0.444 e. The lowest BCUT2D eigenvalue weighted by molar-refractivity contribution is 0.0204. The van der Waals surface area contributed by atoms with Gasteiger partial charge < -0.3 is 14.6 Å². The molecular weight excluding hydrogens is 338 g/mol. The zero-order chi connectivity index (χ0) is 19.4. The van der Waals surface area contributed by atoms with Gasteiger partial charge in [-0.3, -0.25) is 0 Å². The molecular formula is C22H29N3O2. The number of aromatic nitrogens is 2. The molecule has 144 valence electrons. The van der Waals surface area contributed by atoms with Crippen LogP contribution in [0, 0.1) is 0 Å². The summed E-state index contributed by atoms with van der Waals surface area (Å²) in [4.78, 5) is 22.3. The third-order valence-electron chi connectivity index (χ3n) is 4.77. The van der Waals surface area contributed by atoms with E-state index in [0.717, 1.165) is 36.5 Å². The van der Waals surface area contributed by atoms with Crippen LogP contribution >= 0.6 is 0 Å². The normalized spacial score (nSPS) is 15.6. The number of ether oxygens (including phenoxy) is 1. The van der Waals surface area contributed by atoms with Crippen molar-refractivity contribution >= 4 is 12.2 Å². The van der Waals surface area contributed by atoms with Crippen LogP contribution in [0.15, 0.2) is 36.9 Å². The second-order valence-electron chi connectivity index (χ2n) is 8.09. The molecule has 2 aromatic rings. The van der Waals surface area contributed by atoms with Crippen LogP contribution in [0.5, 0.6) is 0 Å². The zero-order valence-electron chi connectivity index (χ0n) is 16.5. The highest BCUT2D eigenvalue weighted by Gasteiger charge is 2.29. The van der Waals surface area contributed by atoms with Crippen LogP contribution in [0.4, 0.5) is 4.79 Å². The van der Waals surface area contributed by atoms with Crippen molar-refractivity contribution in [2.24, 2.45) is 0 Å². The predicted octanol–water partition coefficient (Wildman–Crippen LogP) is 4.76. The van der Waals surface area contributed by atoms with Crippen LogP contribution in [0.2, 0.25) is 0 Å². The number of aromatic amines is 1. The standard InChI is InChI=1S/C22H29N3O2/c1-5-18-20(24-19(23-18)15-16-9-7-6-8-10-16)17-11-13-25(14-12-17)21(26)27-22(2,3)4/h5-10,17H,1,11-15H2,2-4H3,(H,23,24). The number of hydrogen-bond acceptors (Lipinski definition) is 3. The van der Waals surface area contributed by atoms with E-state index in [9.17, 15) is 4.79 Å². The summed E-state index contributed by atoms with van der Waals surface area (Å²) in [5.41, 5.74) is 2.84. The molecule has 0 atom stereocenters.